The third-order valence-electron chi connectivity index (χ3n) is 12.9. The first-order valence-electron chi connectivity index (χ1n) is 22.0. The van der Waals surface area contributed by atoms with Crippen molar-refractivity contribution in [2.45, 2.75) is 90.9 Å². The first kappa shape index (κ1) is 44.7. The molecule has 328 valence electrons. The molecular weight excluding hydrogens is 964 g/mol. The Bertz CT molecular complexity index is 2990. The molecule has 0 N–H and O–H groups in total. The van der Waals surface area contributed by atoms with Gasteiger partial charge in [-0.05, 0) is 86.8 Å². The molecule has 64 heavy (non-hydrogen) atoms. The minimum absolute atomic E-state index is 0. The minimum atomic E-state index is -0.223. The maximum atomic E-state index is 6.78. The van der Waals surface area contributed by atoms with Crippen LogP contribution < -0.4 is 14.5 Å². The van der Waals surface area contributed by atoms with Crippen molar-refractivity contribution in [3.63, 3.8) is 0 Å². The molecule has 1 aliphatic rings. The number of rotatable bonds is 9. The van der Waals surface area contributed by atoms with E-state index in [2.05, 4.69) is 248 Å². The fourth-order valence-electron chi connectivity index (χ4n) is 8.62. The molecule has 0 fully saturated rings. The van der Waals surface area contributed by atoms with Crippen LogP contribution >= 0.6 is 0 Å². The Balaban J connectivity index is 0.00000560. The van der Waals surface area contributed by atoms with Crippen molar-refractivity contribution in [2.75, 3.05) is 9.80 Å². The Morgan fingerprint density at radius 2 is 1.09 bits per heavy atom. The summed E-state index contributed by atoms with van der Waals surface area (Å²) in [6.45, 7) is 24.9. The minimum Gasteiger partial charge on any atom is -0.509 e. The fraction of sp³-hybridized carbons (Fsp3) is 0.241. The molecule has 2 aromatic heterocycles. The van der Waals surface area contributed by atoms with Crippen LogP contribution in [0.2, 0.25) is 0 Å². The number of ether oxygens (including phenoxy) is 1. The van der Waals surface area contributed by atoms with Gasteiger partial charge in [0.2, 0.25) is 0 Å². The van der Waals surface area contributed by atoms with Crippen molar-refractivity contribution in [1.29, 1.82) is 0 Å². The number of pyridine rings is 1. The van der Waals surface area contributed by atoms with Gasteiger partial charge in [-0.1, -0.05) is 160 Å². The molecule has 1 aliphatic heterocycles. The number of fused-ring (bicyclic) bond motifs is 3. The van der Waals surface area contributed by atoms with E-state index in [1.807, 2.05) is 12.3 Å². The molecule has 6 heteroatoms. The van der Waals surface area contributed by atoms with Crippen LogP contribution in [0.4, 0.5) is 11.4 Å². The summed E-state index contributed by atoms with van der Waals surface area (Å²) in [5.41, 5.74) is 10.8. The number of aromatic nitrogens is 2. The van der Waals surface area contributed by atoms with E-state index in [1.54, 1.807) is 0 Å². The molecule has 0 unspecified atom stereocenters. The average molecular weight is 1020 g/mol. The summed E-state index contributed by atoms with van der Waals surface area (Å²) in [7, 11) is 0. The molecule has 0 radical (unpaired) electrons. The van der Waals surface area contributed by atoms with Crippen LogP contribution in [0.1, 0.15) is 103 Å². The second-order valence-corrected chi connectivity index (χ2v) is 20.0. The van der Waals surface area contributed by atoms with Gasteiger partial charge in [-0.3, -0.25) is 0 Å². The fourth-order valence-corrected chi connectivity index (χ4v) is 8.62. The van der Waals surface area contributed by atoms with E-state index in [1.165, 1.54) is 27.8 Å². The first-order chi connectivity index (χ1) is 30.0. The molecule has 0 spiro atoms. The van der Waals surface area contributed by atoms with Gasteiger partial charge >= 0.3 is 0 Å². The molecule has 0 bridgehead atoms. The van der Waals surface area contributed by atoms with E-state index in [0.29, 0.717) is 11.5 Å². The molecule has 0 aliphatic carbocycles. The number of hydrogen-bond donors (Lipinski definition) is 0. The molecule has 9 rings (SSSR count). The third-order valence-corrected chi connectivity index (χ3v) is 12.9. The van der Waals surface area contributed by atoms with Gasteiger partial charge in [0, 0.05) is 60.8 Å². The van der Waals surface area contributed by atoms with Gasteiger partial charge in [-0.2, -0.15) is 6.07 Å². The van der Waals surface area contributed by atoms with E-state index < -0.39 is 0 Å². The number of benzene rings is 6. The molecule has 3 heterocycles. The summed E-state index contributed by atoms with van der Waals surface area (Å²) in [6, 6.07) is 57.1. The molecule has 6 aromatic carbocycles. The van der Waals surface area contributed by atoms with Crippen molar-refractivity contribution in [2.24, 2.45) is 0 Å². The van der Waals surface area contributed by atoms with E-state index in [-0.39, 0.29) is 42.7 Å². The zero-order valence-corrected chi connectivity index (χ0v) is 40.9. The van der Waals surface area contributed by atoms with Crippen LogP contribution in [0, 0.1) is 18.8 Å². The van der Waals surface area contributed by atoms with Gasteiger partial charge in [0.25, 0.3) is 0 Å². The zero-order chi connectivity index (χ0) is 44.3. The largest absolute Gasteiger partial charge is 0.509 e. The van der Waals surface area contributed by atoms with Gasteiger partial charge in [0.15, 0.2) is 0 Å². The monoisotopic (exact) mass is 1020 g/mol. The number of anilines is 2. The van der Waals surface area contributed by atoms with Crippen molar-refractivity contribution < 1.29 is 25.8 Å². The van der Waals surface area contributed by atoms with E-state index >= 15 is 0 Å². The Kier molecular flexibility index (Phi) is 11.8. The van der Waals surface area contributed by atoms with E-state index in [9.17, 15) is 0 Å². The third kappa shape index (κ3) is 8.55. The quantitative estimate of drug-likeness (QED) is 0.135. The first-order valence-corrected chi connectivity index (χ1v) is 22.0. The normalized spacial score (nSPS) is 13.5. The molecule has 0 saturated heterocycles. The van der Waals surface area contributed by atoms with Gasteiger partial charge in [0.1, 0.15) is 5.82 Å². The average Bonchev–Trinajstić information content (AvgIpc) is 3.90. The van der Waals surface area contributed by atoms with Crippen LogP contribution in [0.25, 0.3) is 27.6 Å². The zero-order valence-electron chi connectivity index (χ0n) is 38.6. The smallest absolute Gasteiger partial charge is 0.135 e. The standard InChI is InChI=1S/C58H57N4O.Pt/c1-55(2,3)43-31-45(58(9,10)41-21-15-12-16-22-41)34-46(32-43)60-29-30-61(39-60)47-33-44(56(4,5)6)35-49(37-47)63-48-25-26-51-50-23-17-18-24-52(50)62(53(51)38-48)54-36-42(27-28-59-54)57(7,8)40-19-13-11-14-20-40;/h11-36,39H,1-10H3;/q-3;. The van der Waals surface area contributed by atoms with Gasteiger partial charge < -0.3 is 19.1 Å². The van der Waals surface area contributed by atoms with Crippen molar-refractivity contribution in [3.8, 4) is 17.3 Å². The Morgan fingerprint density at radius 1 is 0.500 bits per heavy atom. The molecule has 0 atom stereocenters. The molecular formula is C58H57N4OPt-3. The molecule has 8 aromatic rings. The number of nitrogens with zero attached hydrogens (tertiary/aromatic N) is 4. The van der Waals surface area contributed by atoms with Crippen LogP contribution in [0.15, 0.2) is 158 Å². The maximum absolute atomic E-state index is 6.78. The predicted molar refractivity (Wildman–Crippen MR) is 262 cm³/mol. The van der Waals surface area contributed by atoms with Crippen molar-refractivity contribution >= 4 is 33.2 Å². The Hall–Kier alpha value is -5.90. The Labute approximate surface area is 394 Å². The summed E-state index contributed by atoms with van der Waals surface area (Å²) in [5, 5.41) is 2.22. The predicted octanol–water partition coefficient (Wildman–Crippen LogP) is 14.7. The van der Waals surface area contributed by atoms with Crippen LogP contribution in [-0.4, -0.2) is 9.55 Å². The Morgan fingerprint density at radius 3 is 1.77 bits per heavy atom. The van der Waals surface area contributed by atoms with Gasteiger partial charge in [-0.25, -0.2) is 4.98 Å². The summed E-state index contributed by atoms with van der Waals surface area (Å²) < 4.78 is 8.99. The van der Waals surface area contributed by atoms with Crippen LogP contribution in [-0.2, 0) is 42.7 Å². The number of hydrogen-bond acceptors (Lipinski definition) is 4. The summed E-state index contributed by atoms with van der Waals surface area (Å²) >= 11 is 0. The van der Waals surface area contributed by atoms with E-state index in [4.69, 9.17) is 9.72 Å². The topological polar surface area (TPSA) is 33.5 Å². The summed E-state index contributed by atoms with van der Waals surface area (Å²) in [6.07, 6.45) is 6.15. The van der Waals surface area contributed by atoms with Crippen LogP contribution in [0.3, 0.4) is 0 Å². The van der Waals surface area contributed by atoms with Gasteiger partial charge in [-0.15, -0.1) is 53.6 Å². The second kappa shape index (κ2) is 16.9. The summed E-state index contributed by atoms with van der Waals surface area (Å²) in [5.74, 6) is 2.07. The van der Waals surface area contributed by atoms with E-state index in [0.717, 1.165) is 44.6 Å². The molecule has 0 saturated carbocycles. The second-order valence-electron chi connectivity index (χ2n) is 20.0. The molecule has 5 nitrogen and oxygen atoms in total. The molecule has 0 amide bonds. The van der Waals surface area contributed by atoms with Gasteiger partial charge in [0.05, 0.1) is 0 Å². The SMILES string of the molecule is CC(C)(C)c1cc(Oc2[c-]c3c(cc2)c2ccccc2n3-c2cc(C(C)(C)c3ccccc3)ccn2)[c-]c(N2C=CN(c3cc(C(C)(C)C)cc(C(C)(C)c4ccccc4)c3)[CH-]2)c1.[Pt]. The van der Waals surface area contributed by atoms with Crippen molar-refractivity contribution in [1.82, 2.24) is 9.55 Å². The summed E-state index contributed by atoms with van der Waals surface area (Å²) in [4.78, 5) is 9.29. The van der Waals surface area contributed by atoms with Crippen LogP contribution in [0.5, 0.6) is 11.5 Å². The van der Waals surface area contributed by atoms with Crippen molar-refractivity contribution in [3.05, 3.63) is 210 Å². The number of para-hydroxylation sites is 1. The maximum Gasteiger partial charge on any atom is 0.135 e.